The van der Waals surface area contributed by atoms with Crippen LogP contribution in [0.2, 0.25) is 0 Å². The maximum absolute atomic E-state index is 5.48. The molecule has 1 unspecified atom stereocenters. The zero-order valence-electron chi connectivity index (χ0n) is 11.4. The smallest absolute Gasteiger partial charge is 0.0622 e. The summed E-state index contributed by atoms with van der Waals surface area (Å²) >= 11 is 0. The molecule has 0 amide bonds. The van der Waals surface area contributed by atoms with Crippen LogP contribution in [0.3, 0.4) is 0 Å². The first-order valence-electron chi connectivity index (χ1n) is 6.36. The van der Waals surface area contributed by atoms with Crippen molar-refractivity contribution in [3.63, 3.8) is 0 Å². The summed E-state index contributed by atoms with van der Waals surface area (Å²) in [6.07, 6.45) is 1.91. The number of pyridine rings is 1. The van der Waals surface area contributed by atoms with Gasteiger partial charge in [-0.15, -0.1) is 0 Å². The van der Waals surface area contributed by atoms with Gasteiger partial charge < -0.3 is 10.1 Å². The quantitative estimate of drug-likeness (QED) is 0.790. The molecule has 96 valence electrons. The molecule has 0 saturated carbocycles. The summed E-state index contributed by atoms with van der Waals surface area (Å²) in [6, 6.07) is 4.55. The third-order valence-corrected chi connectivity index (χ3v) is 2.82. The zero-order valence-corrected chi connectivity index (χ0v) is 11.4. The van der Waals surface area contributed by atoms with Crippen LogP contribution in [0.4, 0.5) is 0 Å². The van der Waals surface area contributed by atoms with Crippen molar-refractivity contribution in [1.82, 2.24) is 10.3 Å². The number of aryl methyl sites for hydroxylation is 1. The summed E-state index contributed by atoms with van der Waals surface area (Å²) in [5.41, 5.74) is 2.28. The summed E-state index contributed by atoms with van der Waals surface area (Å²) < 4.78 is 5.48. The molecule has 1 aromatic heterocycles. The third-order valence-electron chi connectivity index (χ3n) is 2.82. The average molecular weight is 236 g/mol. The molecule has 0 radical (unpaired) electrons. The van der Waals surface area contributed by atoms with Crippen LogP contribution in [0, 0.1) is 12.8 Å². The second kappa shape index (κ2) is 7.41. The largest absolute Gasteiger partial charge is 0.380 e. The lowest BCUT2D eigenvalue weighted by atomic mass is 10.1. The van der Waals surface area contributed by atoms with E-state index in [2.05, 4.69) is 43.2 Å². The van der Waals surface area contributed by atoms with Gasteiger partial charge in [0.25, 0.3) is 0 Å². The lowest BCUT2D eigenvalue weighted by Gasteiger charge is -2.22. The second-order valence-electron chi connectivity index (χ2n) is 4.72. The van der Waals surface area contributed by atoms with E-state index in [9.17, 15) is 0 Å². The standard InChI is InChI=1S/C14H24N2O/c1-5-17-10-14(11(2)3)16-9-13-7-6-12(4)8-15-13/h6-8,11,14,16H,5,9-10H2,1-4H3. The van der Waals surface area contributed by atoms with Gasteiger partial charge in [-0.3, -0.25) is 4.98 Å². The van der Waals surface area contributed by atoms with E-state index >= 15 is 0 Å². The van der Waals surface area contributed by atoms with Gasteiger partial charge in [0.1, 0.15) is 0 Å². The van der Waals surface area contributed by atoms with E-state index in [1.165, 1.54) is 5.56 Å². The highest BCUT2D eigenvalue weighted by molar-refractivity contribution is 5.12. The molecule has 0 aliphatic heterocycles. The van der Waals surface area contributed by atoms with Crippen LogP contribution in [0.1, 0.15) is 32.0 Å². The van der Waals surface area contributed by atoms with Crippen LogP contribution >= 0.6 is 0 Å². The number of nitrogens with one attached hydrogen (secondary N) is 1. The van der Waals surface area contributed by atoms with E-state index in [4.69, 9.17) is 4.74 Å². The SMILES string of the molecule is CCOCC(NCc1ccc(C)cn1)C(C)C. The molecular formula is C14H24N2O. The Morgan fingerprint density at radius 3 is 2.65 bits per heavy atom. The fourth-order valence-corrected chi connectivity index (χ4v) is 1.57. The monoisotopic (exact) mass is 236 g/mol. The van der Waals surface area contributed by atoms with Gasteiger partial charge >= 0.3 is 0 Å². The fourth-order valence-electron chi connectivity index (χ4n) is 1.57. The first-order chi connectivity index (χ1) is 8.13. The van der Waals surface area contributed by atoms with Gasteiger partial charge in [-0.1, -0.05) is 19.9 Å². The highest BCUT2D eigenvalue weighted by atomic mass is 16.5. The van der Waals surface area contributed by atoms with Crippen molar-refractivity contribution >= 4 is 0 Å². The van der Waals surface area contributed by atoms with Crippen molar-refractivity contribution in [2.75, 3.05) is 13.2 Å². The lowest BCUT2D eigenvalue weighted by molar-refractivity contribution is 0.107. The minimum Gasteiger partial charge on any atom is -0.380 e. The third kappa shape index (κ3) is 5.29. The predicted molar refractivity (Wildman–Crippen MR) is 70.9 cm³/mol. The first kappa shape index (κ1) is 14.1. The van der Waals surface area contributed by atoms with Crippen molar-refractivity contribution in [2.45, 2.75) is 40.3 Å². The Morgan fingerprint density at radius 1 is 1.35 bits per heavy atom. The van der Waals surface area contributed by atoms with Gasteiger partial charge in [0, 0.05) is 25.4 Å². The number of rotatable bonds is 7. The Morgan fingerprint density at radius 2 is 2.12 bits per heavy atom. The fraction of sp³-hybridized carbons (Fsp3) is 0.643. The molecule has 0 fully saturated rings. The molecule has 1 rings (SSSR count). The van der Waals surface area contributed by atoms with Gasteiger partial charge in [-0.2, -0.15) is 0 Å². The molecule has 0 aliphatic carbocycles. The molecule has 0 aliphatic rings. The van der Waals surface area contributed by atoms with E-state index in [1.807, 2.05) is 13.1 Å². The normalized spacial score (nSPS) is 13.0. The molecular weight excluding hydrogens is 212 g/mol. The van der Waals surface area contributed by atoms with E-state index in [0.29, 0.717) is 12.0 Å². The van der Waals surface area contributed by atoms with Gasteiger partial charge in [0.05, 0.1) is 12.3 Å². The Bertz CT molecular complexity index is 309. The van der Waals surface area contributed by atoms with Crippen LogP contribution in [0.5, 0.6) is 0 Å². The molecule has 1 atom stereocenters. The van der Waals surface area contributed by atoms with Crippen LogP contribution < -0.4 is 5.32 Å². The first-order valence-corrected chi connectivity index (χ1v) is 6.36. The predicted octanol–water partition coefficient (Wildman–Crippen LogP) is 2.54. The molecule has 3 nitrogen and oxygen atoms in total. The van der Waals surface area contributed by atoms with Crippen molar-refractivity contribution in [1.29, 1.82) is 0 Å². The minimum atomic E-state index is 0.387. The molecule has 1 heterocycles. The van der Waals surface area contributed by atoms with E-state index < -0.39 is 0 Å². The van der Waals surface area contributed by atoms with Crippen molar-refractivity contribution in [2.24, 2.45) is 5.92 Å². The molecule has 0 bridgehead atoms. The highest BCUT2D eigenvalue weighted by Crippen LogP contribution is 2.04. The number of hydrogen-bond donors (Lipinski definition) is 1. The maximum Gasteiger partial charge on any atom is 0.0622 e. The number of aromatic nitrogens is 1. The maximum atomic E-state index is 5.48. The summed E-state index contributed by atoms with van der Waals surface area (Å²) in [5, 5.41) is 3.50. The van der Waals surface area contributed by atoms with Gasteiger partial charge in [-0.25, -0.2) is 0 Å². The number of ether oxygens (including phenoxy) is 1. The highest BCUT2D eigenvalue weighted by Gasteiger charge is 2.12. The summed E-state index contributed by atoms with van der Waals surface area (Å²) in [7, 11) is 0. The minimum absolute atomic E-state index is 0.387. The number of nitrogens with zero attached hydrogens (tertiary/aromatic N) is 1. The molecule has 0 saturated heterocycles. The molecule has 0 spiro atoms. The van der Waals surface area contributed by atoms with Crippen LogP contribution in [-0.4, -0.2) is 24.2 Å². The summed E-state index contributed by atoms with van der Waals surface area (Å²) in [6.45, 7) is 10.8. The summed E-state index contributed by atoms with van der Waals surface area (Å²) in [5.74, 6) is 0.562. The molecule has 1 aromatic rings. The summed E-state index contributed by atoms with van der Waals surface area (Å²) in [4.78, 5) is 4.39. The Balaban J connectivity index is 2.43. The molecule has 3 heteroatoms. The average Bonchev–Trinajstić information content (AvgIpc) is 2.31. The van der Waals surface area contributed by atoms with E-state index in [1.54, 1.807) is 0 Å². The van der Waals surface area contributed by atoms with Gasteiger partial charge in [0.2, 0.25) is 0 Å². The molecule has 1 N–H and O–H groups in total. The van der Waals surface area contributed by atoms with Crippen LogP contribution in [-0.2, 0) is 11.3 Å². The van der Waals surface area contributed by atoms with Crippen molar-refractivity contribution in [3.05, 3.63) is 29.6 Å². The Hall–Kier alpha value is -0.930. The van der Waals surface area contributed by atoms with Gasteiger partial charge in [0.15, 0.2) is 0 Å². The van der Waals surface area contributed by atoms with E-state index in [0.717, 1.165) is 25.5 Å². The topological polar surface area (TPSA) is 34.1 Å². The van der Waals surface area contributed by atoms with E-state index in [-0.39, 0.29) is 0 Å². The zero-order chi connectivity index (χ0) is 12.7. The Labute approximate surface area is 105 Å². The number of hydrogen-bond acceptors (Lipinski definition) is 3. The van der Waals surface area contributed by atoms with Gasteiger partial charge in [-0.05, 0) is 31.4 Å². The lowest BCUT2D eigenvalue weighted by Crippen LogP contribution is -2.37. The second-order valence-corrected chi connectivity index (χ2v) is 4.72. The molecule has 17 heavy (non-hydrogen) atoms. The van der Waals surface area contributed by atoms with Crippen LogP contribution in [0.25, 0.3) is 0 Å². The van der Waals surface area contributed by atoms with Crippen LogP contribution in [0.15, 0.2) is 18.3 Å². The van der Waals surface area contributed by atoms with Crippen molar-refractivity contribution < 1.29 is 4.74 Å². The van der Waals surface area contributed by atoms with Crippen molar-refractivity contribution in [3.8, 4) is 0 Å². The Kier molecular flexibility index (Phi) is 6.16. The molecule has 0 aromatic carbocycles.